The van der Waals surface area contributed by atoms with Gasteiger partial charge < -0.3 is 10.8 Å². The lowest BCUT2D eigenvalue weighted by Gasteiger charge is -2.09. The fourth-order valence-corrected chi connectivity index (χ4v) is 6.55. The van der Waals surface area contributed by atoms with Gasteiger partial charge in [-0.25, -0.2) is 14.2 Å². The van der Waals surface area contributed by atoms with Gasteiger partial charge in [0.05, 0.1) is 11.1 Å². The Hall–Kier alpha value is -6.94. The fraction of sp³-hybridized carbons (Fsp3) is 0.0952. The number of nitrogens with zero attached hydrogens (tertiary/aromatic N) is 6. The number of rotatable bonds is 6. The number of nitrogens with two attached hydrogens (primary N) is 1. The molecular formula is C42H35N7O3. The molecule has 3 N–H and O–H groups in total. The third-order valence-electron chi connectivity index (χ3n) is 9.24. The van der Waals surface area contributed by atoms with Crippen molar-refractivity contribution in [2.45, 2.75) is 13.8 Å². The highest BCUT2D eigenvalue weighted by Crippen LogP contribution is 2.31. The maximum absolute atomic E-state index is 11.9. The Morgan fingerprint density at radius 1 is 0.538 bits per heavy atom. The first-order valence-electron chi connectivity index (χ1n) is 16.6. The summed E-state index contributed by atoms with van der Waals surface area (Å²) in [6, 6.07) is 40.2. The molecule has 0 spiro atoms. The van der Waals surface area contributed by atoms with E-state index >= 15 is 0 Å². The topological polar surface area (TPSA) is 142 Å². The quantitative estimate of drug-likeness (QED) is 0.181. The predicted octanol–water partition coefficient (Wildman–Crippen LogP) is 8.02. The van der Waals surface area contributed by atoms with Crippen molar-refractivity contribution in [1.82, 2.24) is 30.0 Å². The molecule has 256 valence electrons. The van der Waals surface area contributed by atoms with Gasteiger partial charge in [0.2, 0.25) is 0 Å². The number of hydrogen-bond acceptors (Lipinski definition) is 6. The SMILES string of the molecule is Cc1ccccc1-c1ccc(-c2cc(C(=O)O)c3c(c2)nnn3C)cc1.Cc1ccccc1-c1ccc(-c2cc(C(N)=O)c3c(c2)nnn3C)cc1. The van der Waals surface area contributed by atoms with E-state index in [1.165, 1.54) is 26.9 Å². The predicted molar refractivity (Wildman–Crippen MR) is 204 cm³/mol. The van der Waals surface area contributed by atoms with Crippen LogP contribution in [0.4, 0.5) is 0 Å². The van der Waals surface area contributed by atoms with Crippen LogP contribution in [-0.2, 0) is 14.1 Å². The summed E-state index contributed by atoms with van der Waals surface area (Å²) in [6.45, 7) is 4.19. The third kappa shape index (κ3) is 6.40. The molecule has 10 heteroatoms. The molecule has 10 nitrogen and oxygen atoms in total. The Morgan fingerprint density at radius 3 is 1.33 bits per heavy atom. The minimum atomic E-state index is -0.987. The number of fused-ring (bicyclic) bond motifs is 2. The van der Waals surface area contributed by atoms with Crippen LogP contribution in [0.2, 0.25) is 0 Å². The van der Waals surface area contributed by atoms with E-state index in [9.17, 15) is 14.7 Å². The molecular weight excluding hydrogens is 651 g/mol. The van der Waals surface area contributed by atoms with E-state index in [1.807, 2.05) is 60.7 Å². The van der Waals surface area contributed by atoms with Gasteiger partial charge in [-0.3, -0.25) is 4.79 Å². The average Bonchev–Trinajstić information content (AvgIpc) is 3.73. The molecule has 6 aromatic carbocycles. The van der Waals surface area contributed by atoms with Gasteiger partial charge in [0, 0.05) is 14.1 Å². The number of carbonyl (C=O) groups is 2. The number of benzene rings is 6. The standard InChI is InChI=1S/C21H18N4O.C21H17N3O2/c1-13-5-3-4-6-17(13)15-9-7-14(8-10-15)16-11-18(21(22)26)20-19(12-16)23-24-25(20)2;1-13-5-3-4-6-17(13)15-9-7-14(8-10-15)16-11-18(21(25)26)20-19(12-16)22-23-24(20)2/h3-12H,1-2H3,(H2,22,26);3-12H,1-2H3,(H,25,26). The largest absolute Gasteiger partial charge is 0.478 e. The lowest BCUT2D eigenvalue weighted by Crippen LogP contribution is -2.13. The molecule has 52 heavy (non-hydrogen) atoms. The van der Waals surface area contributed by atoms with E-state index in [2.05, 4.69) is 83.0 Å². The third-order valence-corrected chi connectivity index (χ3v) is 9.24. The lowest BCUT2D eigenvalue weighted by atomic mass is 9.96. The van der Waals surface area contributed by atoms with Crippen molar-refractivity contribution < 1.29 is 14.7 Å². The highest BCUT2D eigenvalue weighted by molar-refractivity contribution is 6.06. The van der Waals surface area contributed by atoms with E-state index in [0.717, 1.165) is 33.4 Å². The first kappa shape index (κ1) is 33.6. The zero-order valence-electron chi connectivity index (χ0n) is 29.1. The zero-order chi connectivity index (χ0) is 36.5. The highest BCUT2D eigenvalue weighted by Gasteiger charge is 2.17. The van der Waals surface area contributed by atoms with Crippen LogP contribution >= 0.6 is 0 Å². The molecule has 0 aliphatic carbocycles. The van der Waals surface area contributed by atoms with Crippen LogP contribution in [0.25, 0.3) is 66.6 Å². The van der Waals surface area contributed by atoms with E-state index in [4.69, 9.17) is 5.73 Å². The monoisotopic (exact) mass is 685 g/mol. The molecule has 0 saturated heterocycles. The molecule has 0 aliphatic heterocycles. The van der Waals surface area contributed by atoms with Crippen LogP contribution < -0.4 is 5.73 Å². The van der Waals surface area contributed by atoms with Crippen LogP contribution in [0.1, 0.15) is 31.8 Å². The van der Waals surface area contributed by atoms with Crippen molar-refractivity contribution in [3.05, 3.63) is 144 Å². The van der Waals surface area contributed by atoms with Crippen molar-refractivity contribution in [3.63, 3.8) is 0 Å². The van der Waals surface area contributed by atoms with E-state index in [-0.39, 0.29) is 5.56 Å². The van der Waals surface area contributed by atoms with Gasteiger partial charge in [-0.2, -0.15) is 0 Å². The van der Waals surface area contributed by atoms with Crippen LogP contribution in [0.5, 0.6) is 0 Å². The van der Waals surface area contributed by atoms with Crippen LogP contribution in [0.3, 0.4) is 0 Å². The number of carboxylic acid groups (broad SMARTS) is 1. The number of hydrogen-bond donors (Lipinski definition) is 2. The van der Waals surface area contributed by atoms with Gasteiger partial charge >= 0.3 is 5.97 Å². The minimum Gasteiger partial charge on any atom is -0.478 e. The van der Waals surface area contributed by atoms with Gasteiger partial charge in [-0.1, -0.05) is 107 Å². The van der Waals surface area contributed by atoms with Crippen molar-refractivity contribution in [2.75, 3.05) is 0 Å². The molecule has 2 heterocycles. The molecule has 0 unspecified atom stereocenters. The molecule has 2 aromatic heterocycles. The van der Waals surface area contributed by atoms with Crippen LogP contribution in [-0.4, -0.2) is 47.0 Å². The Labute approximate surface area is 299 Å². The summed E-state index contributed by atoms with van der Waals surface area (Å²) >= 11 is 0. The van der Waals surface area contributed by atoms with Crippen molar-refractivity contribution >= 4 is 33.9 Å². The number of primary amides is 1. The Morgan fingerprint density at radius 2 is 0.923 bits per heavy atom. The number of aromatic nitrogens is 6. The molecule has 8 rings (SSSR count). The molecule has 0 radical (unpaired) electrons. The summed E-state index contributed by atoms with van der Waals surface area (Å²) < 4.78 is 3.06. The summed E-state index contributed by atoms with van der Waals surface area (Å²) in [7, 11) is 3.44. The normalized spacial score (nSPS) is 11.0. The van der Waals surface area contributed by atoms with E-state index < -0.39 is 11.9 Å². The van der Waals surface area contributed by atoms with Crippen molar-refractivity contribution in [1.29, 1.82) is 0 Å². The van der Waals surface area contributed by atoms with Gasteiger partial charge in [0.25, 0.3) is 5.91 Å². The number of aromatic carboxylic acids is 1. The second-order valence-corrected chi connectivity index (χ2v) is 12.7. The zero-order valence-corrected chi connectivity index (χ0v) is 29.1. The molecule has 0 saturated carbocycles. The second kappa shape index (κ2) is 13.8. The molecule has 0 aliphatic rings. The minimum absolute atomic E-state index is 0.202. The summed E-state index contributed by atoms with van der Waals surface area (Å²) in [4.78, 5) is 23.5. The maximum Gasteiger partial charge on any atom is 0.337 e. The summed E-state index contributed by atoms with van der Waals surface area (Å²) in [5, 5.41) is 25.7. The maximum atomic E-state index is 11.9. The van der Waals surface area contributed by atoms with E-state index in [0.29, 0.717) is 27.6 Å². The first-order valence-corrected chi connectivity index (χ1v) is 16.6. The molecule has 0 bridgehead atoms. The van der Waals surface area contributed by atoms with Crippen LogP contribution in [0, 0.1) is 13.8 Å². The van der Waals surface area contributed by atoms with Crippen molar-refractivity contribution in [3.8, 4) is 44.5 Å². The van der Waals surface area contributed by atoms with Gasteiger partial charge in [-0.05, 0) is 93.7 Å². The molecule has 0 atom stereocenters. The Bertz CT molecular complexity index is 2440. The highest BCUT2D eigenvalue weighted by atomic mass is 16.4. The van der Waals surface area contributed by atoms with Crippen molar-refractivity contribution in [2.24, 2.45) is 19.8 Å². The Kier molecular flexibility index (Phi) is 8.88. The molecule has 0 fully saturated rings. The number of carboxylic acids is 1. The molecule has 8 aromatic rings. The van der Waals surface area contributed by atoms with E-state index in [1.54, 1.807) is 30.9 Å². The smallest absolute Gasteiger partial charge is 0.337 e. The summed E-state index contributed by atoms with van der Waals surface area (Å²) in [6.07, 6.45) is 0. The number of carbonyl (C=O) groups excluding carboxylic acids is 1. The van der Waals surface area contributed by atoms with Gasteiger partial charge in [0.15, 0.2) is 0 Å². The summed E-state index contributed by atoms with van der Waals surface area (Å²) in [5.41, 5.74) is 19.4. The second-order valence-electron chi connectivity index (χ2n) is 12.7. The number of aryl methyl sites for hydroxylation is 4. The Balaban J connectivity index is 0.000000162. The lowest BCUT2D eigenvalue weighted by molar-refractivity contribution is 0.0698. The number of amides is 1. The first-order chi connectivity index (χ1) is 25.1. The average molecular weight is 686 g/mol. The van der Waals surface area contributed by atoms with Gasteiger partial charge in [-0.15, -0.1) is 10.2 Å². The summed E-state index contributed by atoms with van der Waals surface area (Å²) in [5.74, 6) is -1.47. The fourth-order valence-electron chi connectivity index (χ4n) is 6.55. The van der Waals surface area contributed by atoms with Gasteiger partial charge in [0.1, 0.15) is 22.1 Å². The molecule has 1 amide bonds. The van der Waals surface area contributed by atoms with Crippen LogP contribution in [0.15, 0.2) is 121 Å².